The molecule has 0 radical (unpaired) electrons. The maximum absolute atomic E-state index is 12.0. The van der Waals surface area contributed by atoms with E-state index in [1.54, 1.807) is 38.1 Å². The highest BCUT2D eigenvalue weighted by Gasteiger charge is 2.22. The third kappa shape index (κ3) is 4.75. The zero-order chi connectivity index (χ0) is 15.0. The lowest BCUT2D eigenvalue weighted by atomic mass is 10.1. The Labute approximate surface area is 118 Å². The lowest BCUT2D eigenvalue weighted by Crippen LogP contribution is -2.29. The van der Waals surface area contributed by atoms with E-state index in [1.807, 2.05) is 0 Å². The van der Waals surface area contributed by atoms with Crippen molar-refractivity contribution >= 4 is 11.6 Å². The van der Waals surface area contributed by atoms with Crippen molar-refractivity contribution in [3.8, 4) is 5.75 Å². The van der Waals surface area contributed by atoms with Gasteiger partial charge in [-0.05, 0) is 26.0 Å². The predicted octanol–water partition coefficient (Wildman–Crippen LogP) is 2.24. The second-order valence-electron chi connectivity index (χ2n) is 4.04. The summed E-state index contributed by atoms with van der Waals surface area (Å²) < 4.78 is 15.4. The van der Waals surface area contributed by atoms with E-state index in [0.717, 1.165) is 0 Å². The van der Waals surface area contributed by atoms with Gasteiger partial charge in [0.25, 0.3) is 0 Å². The van der Waals surface area contributed by atoms with Gasteiger partial charge in [-0.25, -0.2) is 0 Å². The van der Waals surface area contributed by atoms with Gasteiger partial charge in [0.15, 0.2) is 11.6 Å². The highest BCUT2D eigenvalue weighted by atomic mass is 16.7. The Kier molecular flexibility index (Phi) is 6.90. The van der Waals surface area contributed by atoms with Crippen molar-refractivity contribution in [1.29, 1.82) is 0 Å². The van der Waals surface area contributed by atoms with Gasteiger partial charge in [-0.3, -0.25) is 9.59 Å². The fourth-order valence-electron chi connectivity index (χ4n) is 1.68. The van der Waals surface area contributed by atoms with Gasteiger partial charge in [0, 0.05) is 18.8 Å². The molecule has 0 heterocycles. The molecular formula is C15H20O5. The molecule has 0 aliphatic heterocycles. The van der Waals surface area contributed by atoms with Crippen LogP contribution in [-0.2, 0) is 14.3 Å². The Morgan fingerprint density at radius 1 is 1.15 bits per heavy atom. The van der Waals surface area contributed by atoms with Gasteiger partial charge in [0.2, 0.25) is 6.29 Å². The minimum atomic E-state index is -0.973. The monoisotopic (exact) mass is 280 g/mol. The average molecular weight is 280 g/mol. The Hall–Kier alpha value is -1.72. The fourth-order valence-corrected chi connectivity index (χ4v) is 1.68. The van der Waals surface area contributed by atoms with Gasteiger partial charge in [-0.15, -0.1) is 0 Å². The van der Waals surface area contributed by atoms with Crippen LogP contribution in [-0.4, -0.2) is 38.2 Å². The Morgan fingerprint density at radius 2 is 1.80 bits per heavy atom. The van der Waals surface area contributed by atoms with Gasteiger partial charge in [0.05, 0.1) is 13.5 Å². The van der Waals surface area contributed by atoms with Crippen LogP contribution < -0.4 is 4.74 Å². The zero-order valence-electron chi connectivity index (χ0n) is 12.0. The molecule has 5 nitrogen and oxygen atoms in total. The molecule has 0 atom stereocenters. The normalized spacial score (nSPS) is 10.6. The number of rotatable bonds is 9. The van der Waals surface area contributed by atoms with E-state index in [4.69, 9.17) is 14.2 Å². The molecule has 0 N–H and O–H groups in total. The first-order valence-electron chi connectivity index (χ1n) is 6.55. The Balaban J connectivity index is 2.70. The summed E-state index contributed by atoms with van der Waals surface area (Å²) in [5.41, 5.74) is 0.435. The van der Waals surface area contributed by atoms with Crippen LogP contribution in [0.1, 0.15) is 30.6 Å². The Bertz CT molecular complexity index is 449. The van der Waals surface area contributed by atoms with Crippen molar-refractivity contribution in [2.45, 2.75) is 26.6 Å². The number of methoxy groups -OCH3 is 1. The number of ketones is 2. The van der Waals surface area contributed by atoms with Gasteiger partial charge < -0.3 is 14.2 Å². The molecule has 0 fully saturated rings. The summed E-state index contributed by atoms with van der Waals surface area (Å²) in [4.78, 5) is 24.0. The number of hydrogen-bond acceptors (Lipinski definition) is 5. The summed E-state index contributed by atoms with van der Waals surface area (Å²) >= 11 is 0. The molecule has 5 heteroatoms. The van der Waals surface area contributed by atoms with Gasteiger partial charge in [-0.1, -0.05) is 12.1 Å². The molecule has 0 unspecified atom stereocenters. The van der Waals surface area contributed by atoms with E-state index in [-0.39, 0.29) is 18.0 Å². The van der Waals surface area contributed by atoms with Gasteiger partial charge in [0.1, 0.15) is 5.75 Å². The predicted molar refractivity (Wildman–Crippen MR) is 74.0 cm³/mol. The largest absolute Gasteiger partial charge is 0.497 e. The molecular weight excluding hydrogens is 260 g/mol. The van der Waals surface area contributed by atoms with Crippen molar-refractivity contribution in [1.82, 2.24) is 0 Å². The van der Waals surface area contributed by atoms with Crippen LogP contribution in [0.3, 0.4) is 0 Å². The summed E-state index contributed by atoms with van der Waals surface area (Å²) in [6, 6.07) is 6.70. The quantitative estimate of drug-likeness (QED) is 0.394. The molecule has 0 bridgehead atoms. The van der Waals surface area contributed by atoms with Crippen molar-refractivity contribution in [2.24, 2.45) is 0 Å². The van der Waals surface area contributed by atoms with Crippen molar-refractivity contribution in [3.05, 3.63) is 29.8 Å². The molecule has 0 saturated heterocycles. The topological polar surface area (TPSA) is 61.8 Å². The maximum atomic E-state index is 12.0. The molecule has 0 spiro atoms. The third-order valence-electron chi connectivity index (χ3n) is 2.63. The standard InChI is InChI=1S/C15H20O5/c1-4-19-15(20-5-2)14(17)10-13(16)11-7-6-8-12(9-11)18-3/h6-9,15H,4-5,10H2,1-3H3. The van der Waals surface area contributed by atoms with E-state index in [2.05, 4.69) is 0 Å². The van der Waals surface area contributed by atoms with E-state index in [9.17, 15) is 9.59 Å². The number of ether oxygens (including phenoxy) is 3. The molecule has 110 valence electrons. The first-order chi connectivity index (χ1) is 9.62. The summed E-state index contributed by atoms with van der Waals surface area (Å²) in [5.74, 6) is -0.0747. The first kappa shape index (κ1) is 16.3. The third-order valence-corrected chi connectivity index (χ3v) is 2.63. The van der Waals surface area contributed by atoms with Gasteiger partial charge in [-0.2, -0.15) is 0 Å². The summed E-state index contributed by atoms with van der Waals surface area (Å²) in [6.07, 6.45) is -1.22. The van der Waals surface area contributed by atoms with Crippen LogP contribution in [0.2, 0.25) is 0 Å². The summed E-state index contributed by atoms with van der Waals surface area (Å²) in [7, 11) is 1.52. The molecule has 0 aliphatic carbocycles. The van der Waals surface area contributed by atoms with Crippen LogP contribution in [0.4, 0.5) is 0 Å². The molecule has 1 aromatic rings. The van der Waals surface area contributed by atoms with E-state index >= 15 is 0 Å². The fraction of sp³-hybridized carbons (Fsp3) is 0.467. The van der Waals surface area contributed by atoms with E-state index in [0.29, 0.717) is 24.5 Å². The lowest BCUT2D eigenvalue weighted by molar-refractivity contribution is -0.166. The van der Waals surface area contributed by atoms with Crippen molar-refractivity contribution in [3.63, 3.8) is 0 Å². The molecule has 1 aromatic carbocycles. The highest BCUT2D eigenvalue weighted by Crippen LogP contribution is 2.15. The van der Waals surface area contributed by atoms with Crippen molar-refractivity contribution in [2.75, 3.05) is 20.3 Å². The number of benzene rings is 1. The SMILES string of the molecule is CCOC(OCC)C(=O)CC(=O)c1cccc(OC)c1. The summed E-state index contributed by atoms with van der Waals surface area (Å²) in [5, 5.41) is 0. The van der Waals surface area contributed by atoms with E-state index in [1.165, 1.54) is 7.11 Å². The second-order valence-corrected chi connectivity index (χ2v) is 4.04. The van der Waals surface area contributed by atoms with Crippen molar-refractivity contribution < 1.29 is 23.8 Å². The van der Waals surface area contributed by atoms with Gasteiger partial charge >= 0.3 is 0 Å². The molecule has 0 amide bonds. The number of carbonyl (C=O) groups is 2. The van der Waals surface area contributed by atoms with E-state index < -0.39 is 6.29 Å². The highest BCUT2D eigenvalue weighted by molar-refractivity contribution is 6.09. The van der Waals surface area contributed by atoms with Crippen LogP contribution >= 0.6 is 0 Å². The minimum Gasteiger partial charge on any atom is -0.497 e. The molecule has 1 rings (SSSR count). The van der Waals surface area contributed by atoms with Crippen LogP contribution in [0.5, 0.6) is 5.75 Å². The number of carbonyl (C=O) groups excluding carboxylic acids is 2. The first-order valence-corrected chi connectivity index (χ1v) is 6.55. The van der Waals surface area contributed by atoms with Crippen LogP contribution in [0.25, 0.3) is 0 Å². The number of hydrogen-bond donors (Lipinski definition) is 0. The maximum Gasteiger partial charge on any atom is 0.218 e. The lowest BCUT2D eigenvalue weighted by Gasteiger charge is -2.15. The van der Waals surface area contributed by atoms with Crippen LogP contribution in [0.15, 0.2) is 24.3 Å². The van der Waals surface area contributed by atoms with Crippen LogP contribution in [0, 0.1) is 0 Å². The molecule has 0 saturated carbocycles. The average Bonchev–Trinajstić information content (AvgIpc) is 2.47. The minimum absolute atomic E-state index is 0.252. The second kappa shape index (κ2) is 8.45. The number of Topliss-reactive ketones (excluding diaryl/α,β-unsaturated/α-hetero) is 2. The molecule has 20 heavy (non-hydrogen) atoms. The molecule has 0 aromatic heterocycles. The Morgan fingerprint density at radius 3 is 2.35 bits per heavy atom. The smallest absolute Gasteiger partial charge is 0.218 e. The zero-order valence-corrected chi connectivity index (χ0v) is 12.0. The molecule has 0 aliphatic rings. The summed E-state index contributed by atoms with van der Waals surface area (Å²) in [6.45, 7) is 4.24.